The van der Waals surface area contributed by atoms with Crippen molar-refractivity contribution in [1.82, 2.24) is 10.8 Å². The summed E-state index contributed by atoms with van der Waals surface area (Å²) in [7, 11) is 0. The molecular weight excluding hydrogens is 298 g/mol. The molecule has 8 heteroatoms. The number of hydroxylamine groups is 1. The maximum Gasteiger partial charge on any atom is 0.404 e. The Morgan fingerprint density at radius 2 is 1.73 bits per heavy atom. The molecule has 6 nitrogen and oxygen atoms in total. The van der Waals surface area contributed by atoms with Crippen molar-refractivity contribution in [1.29, 1.82) is 0 Å². The minimum absolute atomic E-state index is 0.0902. The van der Waals surface area contributed by atoms with Gasteiger partial charge in [0.25, 0.3) is 0 Å². The van der Waals surface area contributed by atoms with Gasteiger partial charge in [0.05, 0.1) is 5.56 Å². The molecule has 0 aliphatic heterocycles. The van der Waals surface area contributed by atoms with E-state index in [4.69, 9.17) is 9.94 Å². The molecule has 1 amide bonds. The number of carbonyl (C=O) groups excluding carboxylic acids is 1. The molecule has 0 saturated heterocycles. The smallest absolute Gasteiger partial charge is 0.404 e. The molecule has 3 N–H and O–H groups in total. The first-order chi connectivity index (χ1) is 10.5. The summed E-state index contributed by atoms with van der Waals surface area (Å²) < 4.78 is 25.8. The van der Waals surface area contributed by atoms with E-state index in [0.29, 0.717) is 25.7 Å². The molecule has 1 aromatic carbocycles. The number of amides is 1. The number of carbonyl (C=O) groups is 2. The molecule has 0 heterocycles. The van der Waals surface area contributed by atoms with Gasteiger partial charge in [0.2, 0.25) is 0 Å². The number of nitrogens with one attached hydrogen (secondary N) is 2. The highest BCUT2D eigenvalue weighted by Crippen LogP contribution is 2.19. The zero-order valence-corrected chi connectivity index (χ0v) is 11.6. The topological polar surface area (TPSA) is 87.7 Å². The Hall–Kier alpha value is -2.22. The quantitative estimate of drug-likeness (QED) is 0.742. The van der Waals surface area contributed by atoms with Crippen LogP contribution in [0.25, 0.3) is 0 Å². The van der Waals surface area contributed by atoms with Gasteiger partial charge in [-0.1, -0.05) is 0 Å². The second-order valence-electron chi connectivity index (χ2n) is 5.13. The molecule has 120 valence electrons. The summed E-state index contributed by atoms with van der Waals surface area (Å²) in [5.41, 5.74) is 2.50. The summed E-state index contributed by atoms with van der Waals surface area (Å²) in [6.07, 6.45) is 1.48. The lowest BCUT2D eigenvalue weighted by atomic mass is 9.92. The Bertz CT molecular complexity index is 560. The van der Waals surface area contributed by atoms with Crippen molar-refractivity contribution in [3.63, 3.8) is 0 Å². The van der Waals surface area contributed by atoms with E-state index >= 15 is 0 Å². The van der Waals surface area contributed by atoms with Crippen molar-refractivity contribution in [2.45, 2.75) is 37.8 Å². The first-order valence-corrected chi connectivity index (χ1v) is 6.87. The third-order valence-corrected chi connectivity index (χ3v) is 3.53. The first kappa shape index (κ1) is 16.2. The maximum absolute atomic E-state index is 13.0. The number of carboxylic acid groups (broad SMARTS) is 1. The fraction of sp³-hybridized carbons (Fsp3) is 0.429. The number of halogens is 2. The van der Waals surface area contributed by atoms with Crippen LogP contribution in [-0.2, 0) is 4.84 Å². The lowest BCUT2D eigenvalue weighted by molar-refractivity contribution is 0.0103. The van der Waals surface area contributed by atoms with Crippen LogP contribution in [0.3, 0.4) is 0 Å². The summed E-state index contributed by atoms with van der Waals surface area (Å²) in [5.74, 6) is -2.95. The molecule has 1 aromatic rings. The third kappa shape index (κ3) is 4.39. The average Bonchev–Trinajstić information content (AvgIpc) is 2.48. The molecule has 2 rings (SSSR count). The lowest BCUT2D eigenvalue weighted by Gasteiger charge is -2.28. The van der Waals surface area contributed by atoms with Crippen LogP contribution in [0.5, 0.6) is 0 Å². The fourth-order valence-corrected chi connectivity index (χ4v) is 2.35. The van der Waals surface area contributed by atoms with Crippen molar-refractivity contribution in [3.8, 4) is 0 Å². The highest BCUT2D eigenvalue weighted by atomic mass is 19.2. The number of benzene rings is 1. The molecule has 1 aliphatic rings. The zero-order valence-electron chi connectivity index (χ0n) is 11.6. The van der Waals surface area contributed by atoms with Crippen LogP contribution in [0.2, 0.25) is 0 Å². The monoisotopic (exact) mass is 314 g/mol. The van der Waals surface area contributed by atoms with Crippen LogP contribution in [-0.4, -0.2) is 29.3 Å². The third-order valence-electron chi connectivity index (χ3n) is 3.53. The van der Waals surface area contributed by atoms with E-state index in [1.54, 1.807) is 0 Å². The molecule has 0 aromatic heterocycles. The molecule has 1 aliphatic carbocycles. The van der Waals surface area contributed by atoms with E-state index in [9.17, 15) is 18.4 Å². The Morgan fingerprint density at radius 1 is 1.09 bits per heavy atom. The van der Waals surface area contributed by atoms with Crippen LogP contribution in [0, 0.1) is 11.6 Å². The summed E-state index contributed by atoms with van der Waals surface area (Å²) in [5, 5.41) is 11.0. The maximum atomic E-state index is 13.0. The van der Waals surface area contributed by atoms with Crippen LogP contribution < -0.4 is 10.8 Å². The van der Waals surface area contributed by atoms with Gasteiger partial charge in [0.1, 0.15) is 0 Å². The lowest BCUT2D eigenvalue weighted by Crippen LogP contribution is -2.42. The Kier molecular flexibility index (Phi) is 5.26. The summed E-state index contributed by atoms with van der Waals surface area (Å²) in [4.78, 5) is 27.1. The van der Waals surface area contributed by atoms with E-state index in [1.165, 1.54) is 0 Å². The molecule has 22 heavy (non-hydrogen) atoms. The van der Waals surface area contributed by atoms with E-state index in [-0.39, 0.29) is 17.6 Å². The van der Waals surface area contributed by atoms with Gasteiger partial charge in [0.15, 0.2) is 11.6 Å². The van der Waals surface area contributed by atoms with Gasteiger partial charge < -0.3 is 15.3 Å². The predicted octanol–water partition coefficient (Wildman–Crippen LogP) is 2.21. The normalized spacial score (nSPS) is 21.2. The number of hydrogen-bond donors (Lipinski definition) is 3. The van der Waals surface area contributed by atoms with Crippen molar-refractivity contribution >= 4 is 12.1 Å². The Morgan fingerprint density at radius 3 is 2.32 bits per heavy atom. The van der Waals surface area contributed by atoms with Crippen molar-refractivity contribution in [2.24, 2.45) is 0 Å². The van der Waals surface area contributed by atoms with Crippen LogP contribution in [0.4, 0.5) is 13.6 Å². The molecule has 1 fully saturated rings. The Labute approximate surface area is 125 Å². The SMILES string of the molecule is O=C(O)NC1CCC(NOC(=O)c2ccc(F)c(F)c2)CC1. The van der Waals surface area contributed by atoms with Crippen LogP contribution in [0.1, 0.15) is 36.0 Å². The first-order valence-electron chi connectivity index (χ1n) is 6.87. The van der Waals surface area contributed by atoms with Gasteiger partial charge in [-0.05, 0) is 43.9 Å². The zero-order chi connectivity index (χ0) is 16.1. The second-order valence-corrected chi connectivity index (χ2v) is 5.13. The number of rotatable bonds is 4. The number of hydrogen-bond acceptors (Lipinski definition) is 4. The largest absolute Gasteiger partial charge is 0.465 e. The second kappa shape index (κ2) is 7.17. The van der Waals surface area contributed by atoms with Crippen molar-refractivity contribution in [2.75, 3.05) is 0 Å². The molecule has 0 unspecified atom stereocenters. The molecule has 0 spiro atoms. The van der Waals surface area contributed by atoms with Gasteiger partial charge in [-0.3, -0.25) is 0 Å². The van der Waals surface area contributed by atoms with Gasteiger partial charge in [-0.2, -0.15) is 0 Å². The molecule has 1 saturated carbocycles. The van der Waals surface area contributed by atoms with Crippen LogP contribution in [0.15, 0.2) is 18.2 Å². The Balaban J connectivity index is 1.77. The van der Waals surface area contributed by atoms with Crippen molar-refractivity contribution in [3.05, 3.63) is 35.4 Å². The fourth-order valence-electron chi connectivity index (χ4n) is 2.35. The molecule has 0 atom stereocenters. The summed E-state index contributed by atoms with van der Waals surface area (Å²) in [6, 6.07) is 2.57. The molecular formula is C14H16F2N2O4. The molecule has 0 bridgehead atoms. The van der Waals surface area contributed by atoms with E-state index in [0.717, 1.165) is 18.2 Å². The van der Waals surface area contributed by atoms with E-state index in [1.807, 2.05) is 0 Å². The van der Waals surface area contributed by atoms with Crippen LogP contribution >= 0.6 is 0 Å². The predicted molar refractivity (Wildman–Crippen MR) is 72.1 cm³/mol. The van der Waals surface area contributed by atoms with Gasteiger partial charge in [0, 0.05) is 12.1 Å². The average molecular weight is 314 g/mol. The minimum Gasteiger partial charge on any atom is -0.465 e. The highest BCUT2D eigenvalue weighted by Gasteiger charge is 2.23. The van der Waals surface area contributed by atoms with E-state index in [2.05, 4.69) is 10.8 Å². The summed E-state index contributed by atoms with van der Waals surface area (Å²) in [6.45, 7) is 0. The minimum atomic E-state index is -1.12. The highest BCUT2D eigenvalue weighted by molar-refractivity contribution is 5.89. The molecule has 0 radical (unpaired) electrons. The van der Waals surface area contributed by atoms with Crippen molar-refractivity contribution < 1.29 is 28.3 Å². The summed E-state index contributed by atoms with van der Waals surface area (Å²) >= 11 is 0. The van der Waals surface area contributed by atoms with Gasteiger partial charge in [-0.25, -0.2) is 18.4 Å². The van der Waals surface area contributed by atoms with Gasteiger partial charge >= 0.3 is 12.1 Å². The van der Waals surface area contributed by atoms with E-state index < -0.39 is 23.7 Å². The standard InChI is InChI=1S/C14H16F2N2O4/c15-11-6-1-8(7-12(11)16)13(19)22-18-10-4-2-9(3-5-10)17-14(20)21/h1,6-7,9-10,17-18H,2-5H2,(H,20,21). The van der Waals surface area contributed by atoms with Gasteiger partial charge in [-0.15, -0.1) is 5.48 Å².